The quantitative estimate of drug-likeness (QED) is 0.672. The second-order valence-corrected chi connectivity index (χ2v) is 7.13. The zero-order valence-corrected chi connectivity index (χ0v) is 15.9. The number of nitrogens with one attached hydrogen (secondary N) is 2. The van der Waals surface area contributed by atoms with Crippen LogP contribution in [0.2, 0.25) is 0 Å². The lowest BCUT2D eigenvalue weighted by atomic mass is 9.66. The van der Waals surface area contributed by atoms with E-state index in [-0.39, 0.29) is 18.6 Å². The number of aliphatic hydroxyl groups is 1. The number of fused-ring (bicyclic) bond motifs is 1. The summed E-state index contributed by atoms with van der Waals surface area (Å²) in [4.78, 5) is 25.2. The van der Waals surface area contributed by atoms with E-state index in [2.05, 4.69) is 10.2 Å². The molecule has 0 amide bonds. The number of carbonyl (C=O) groups is 1. The van der Waals surface area contributed by atoms with Crippen molar-refractivity contribution >= 4 is 5.97 Å². The summed E-state index contributed by atoms with van der Waals surface area (Å²) in [6.45, 7) is 6.18. The molecule has 0 fully saturated rings. The Hall–Kier alpha value is -2.54. The maximum Gasteiger partial charge on any atom is 0.312 e. The van der Waals surface area contributed by atoms with Gasteiger partial charge in [0.1, 0.15) is 5.75 Å². The van der Waals surface area contributed by atoms with Crippen LogP contribution in [0.4, 0.5) is 0 Å². The van der Waals surface area contributed by atoms with E-state index in [0.29, 0.717) is 17.9 Å². The summed E-state index contributed by atoms with van der Waals surface area (Å²) in [7, 11) is 0. The van der Waals surface area contributed by atoms with Gasteiger partial charge in [0, 0.05) is 23.6 Å². The summed E-state index contributed by atoms with van der Waals surface area (Å²) in [5.41, 5.74) is 0.199. The van der Waals surface area contributed by atoms with Crippen molar-refractivity contribution in [2.24, 2.45) is 5.92 Å². The van der Waals surface area contributed by atoms with Gasteiger partial charge in [-0.1, -0.05) is 19.1 Å². The van der Waals surface area contributed by atoms with Crippen molar-refractivity contribution in [1.82, 2.24) is 10.2 Å². The summed E-state index contributed by atoms with van der Waals surface area (Å²) < 4.78 is 10.8. The molecule has 0 aliphatic heterocycles. The molecule has 7 nitrogen and oxygen atoms in total. The number of esters is 1. The van der Waals surface area contributed by atoms with Crippen LogP contribution in [0.3, 0.4) is 0 Å². The number of H-pyrrole nitrogens is 2. The molecule has 3 unspecified atom stereocenters. The monoisotopic (exact) mass is 374 g/mol. The molecule has 3 atom stereocenters. The molecule has 0 radical (unpaired) electrons. The van der Waals surface area contributed by atoms with Crippen molar-refractivity contribution < 1.29 is 19.4 Å². The van der Waals surface area contributed by atoms with E-state index in [0.717, 1.165) is 17.7 Å². The van der Waals surface area contributed by atoms with E-state index in [1.54, 1.807) is 13.8 Å². The third-order valence-corrected chi connectivity index (χ3v) is 5.00. The lowest BCUT2D eigenvalue weighted by Crippen LogP contribution is -2.50. The molecule has 0 saturated carbocycles. The summed E-state index contributed by atoms with van der Waals surface area (Å²) in [6.07, 6.45) is 1.07. The zero-order chi connectivity index (χ0) is 19.6. The standard InChI is InChI=1S/C20H26N2O5/c1-4-10-27-13-8-6-12(7-9-13)15-16-14(21-22-18(16)23)11-20(3,25)17(15)19(24)26-5-2/h6-9,15,17,25H,4-5,10-11H2,1-3H3,(H2,21,22,23). The van der Waals surface area contributed by atoms with Crippen LogP contribution in [0.5, 0.6) is 5.75 Å². The van der Waals surface area contributed by atoms with Crippen LogP contribution in [0.1, 0.15) is 49.9 Å². The van der Waals surface area contributed by atoms with Gasteiger partial charge < -0.3 is 19.7 Å². The van der Waals surface area contributed by atoms with Crippen LogP contribution in [0, 0.1) is 5.92 Å². The Kier molecular flexibility index (Phi) is 5.41. The summed E-state index contributed by atoms with van der Waals surface area (Å²) in [6, 6.07) is 7.30. The molecule has 27 heavy (non-hydrogen) atoms. The SMILES string of the molecule is CCCOc1ccc(C2c3c([nH][nH]c3=O)CC(C)(O)C2C(=O)OCC)cc1. The molecule has 146 valence electrons. The van der Waals surface area contributed by atoms with Crippen molar-refractivity contribution in [2.75, 3.05) is 13.2 Å². The summed E-state index contributed by atoms with van der Waals surface area (Å²) in [5, 5.41) is 16.4. The first kappa shape index (κ1) is 19.2. The lowest BCUT2D eigenvalue weighted by molar-refractivity contribution is -0.159. The molecule has 0 spiro atoms. The fraction of sp³-hybridized carbons (Fsp3) is 0.500. The molecule has 1 aromatic carbocycles. The maximum atomic E-state index is 12.7. The van der Waals surface area contributed by atoms with Crippen LogP contribution in [0.25, 0.3) is 0 Å². The van der Waals surface area contributed by atoms with Gasteiger partial charge in [0.05, 0.1) is 24.7 Å². The van der Waals surface area contributed by atoms with Crippen LogP contribution in [0.15, 0.2) is 29.1 Å². The van der Waals surface area contributed by atoms with Crippen LogP contribution in [-0.2, 0) is 16.0 Å². The normalized spacial score (nSPS) is 24.3. The van der Waals surface area contributed by atoms with Crippen LogP contribution in [-0.4, -0.2) is 40.1 Å². The fourth-order valence-electron chi connectivity index (χ4n) is 3.84. The minimum atomic E-state index is -1.35. The fourth-order valence-corrected chi connectivity index (χ4v) is 3.84. The number of ether oxygens (including phenoxy) is 2. The van der Waals surface area contributed by atoms with Gasteiger partial charge in [-0.25, -0.2) is 0 Å². The van der Waals surface area contributed by atoms with Crippen molar-refractivity contribution in [1.29, 1.82) is 0 Å². The maximum absolute atomic E-state index is 12.7. The highest BCUT2D eigenvalue weighted by Gasteiger charge is 2.51. The zero-order valence-electron chi connectivity index (χ0n) is 15.9. The third kappa shape index (κ3) is 3.64. The van der Waals surface area contributed by atoms with Crippen molar-refractivity contribution in [3.8, 4) is 5.75 Å². The summed E-state index contributed by atoms with van der Waals surface area (Å²) in [5.74, 6) is -1.29. The Bertz CT molecular complexity index is 850. The van der Waals surface area contributed by atoms with Crippen LogP contribution >= 0.6 is 0 Å². The number of aromatic amines is 2. The van der Waals surface area contributed by atoms with Crippen molar-refractivity contribution in [3.63, 3.8) is 0 Å². The van der Waals surface area contributed by atoms with E-state index in [9.17, 15) is 14.7 Å². The van der Waals surface area contributed by atoms with Crippen LogP contribution < -0.4 is 10.3 Å². The number of rotatable bonds is 6. The molecule has 1 aliphatic carbocycles. The number of hydrogen-bond donors (Lipinski definition) is 3. The Morgan fingerprint density at radius 2 is 1.96 bits per heavy atom. The number of benzene rings is 1. The van der Waals surface area contributed by atoms with E-state index >= 15 is 0 Å². The topological polar surface area (TPSA) is 104 Å². The van der Waals surface area contributed by atoms with Gasteiger partial charge >= 0.3 is 5.97 Å². The average molecular weight is 374 g/mol. The number of carbonyl (C=O) groups excluding carboxylic acids is 1. The Balaban J connectivity index is 2.08. The predicted molar refractivity (Wildman–Crippen MR) is 99.9 cm³/mol. The molecular formula is C20H26N2O5. The van der Waals surface area contributed by atoms with Gasteiger partial charge in [0.25, 0.3) is 5.56 Å². The second-order valence-electron chi connectivity index (χ2n) is 7.13. The number of aromatic nitrogens is 2. The molecule has 7 heteroatoms. The molecular weight excluding hydrogens is 348 g/mol. The lowest BCUT2D eigenvalue weighted by Gasteiger charge is -2.40. The molecule has 2 aromatic rings. The minimum Gasteiger partial charge on any atom is -0.494 e. The largest absolute Gasteiger partial charge is 0.494 e. The second kappa shape index (κ2) is 7.60. The highest BCUT2D eigenvalue weighted by Crippen LogP contribution is 2.44. The predicted octanol–water partition coefficient (Wildman–Crippen LogP) is 2.11. The molecule has 0 saturated heterocycles. The highest BCUT2D eigenvalue weighted by atomic mass is 16.5. The van der Waals surface area contributed by atoms with E-state index in [1.807, 2.05) is 31.2 Å². The van der Waals surface area contributed by atoms with E-state index in [1.165, 1.54) is 0 Å². The summed E-state index contributed by atoms with van der Waals surface area (Å²) >= 11 is 0. The van der Waals surface area contributed by atoms with Gasteiger partial charge in [0.2, 0.25) is 0 Å². The first-order valence-corrected chi connectivity index (χ1v) is 9.30. The average Bonchev–Trinajstić information content (AvgIpc) is 2.98. The molecule has 1 aromatic heterocycles. The van der Waals surface area contributed by atoms with Gasteiger partial charge in [0.15, 0.2) is 0 Å². The van der Waals surface area contributed by atoms with Crippen molar-refractivity contribution in [3.05, 3.63) is 51.4 Å². The molecule has 1 heterocycles. The van der Waals surface area contributed by atoms with Gasteiger partial charge in [-0.15, -0.1) is 0 Å². The molecule has 3 N–H and O–H groups in total. The minimum absolute atomic E-state index is 0.165. The van der Waals surface area contributed by atoms with E-state index < -0.39 is 23.4 Å². The third-order valence-electron chi connectivity index (χ3n) is 5.00. The first-order valence-electron chi connectivity index (χ1n) is 9.30. The Morgan fingerprint density at radius 3 is 2.59 bits per heavy atom. The van der Waals surface area contributed by atoms with Crippen molar-refractivity contribution in [2.45, 2.75) is 45.1 Å². The van der Waals surface area contributed by atoms with Gasteiger partial charge in [-0.3, -0.25) is 14.7 Å². The Labute approximate surface area is 157 Å². The van der Waals surface area contributed by atoms with Gasteiger partial charge in [-0.2, -0.15) is 0 Å². The molecule has 3 rings (SSSR count). The first-order chi connectivity index (χ1) is 12.9. The number of hydrogen-bond acceptors (Lipinski definition) is 5. The van der Waals surface area contributed by atoms with E-state index in [4.69, 9.17) is 9.47 Å². The molecule has 0 bridgehead atoms. The smallest absolute Gasteiger partial charge is 0.312 e. The molecule has 1 aliphatic rings. The highest BCUT2D eigenvalue weighted by molar-refractivity contribution is 5.77. The van der Waals surface area contributed by atoms with Gasteiger partial charge in [-0.05, 0) is 38.0 Å². The Morgan fingerprint density at radius 1 is 1.26 bits per heavy atom.